The molecule has 8 nitrogen and oxygen atoms in total. The predicted molar refractivity (Wildman–Crippen MR) is 97.9 cm³/mol. The van der Waals surface area contributed by atoms with Crippen LogP contribution in [0.15, 0.2) is 43.5 Å². The molecule has 3 atom stereocenters. The SMILES string of the molecule is C=CC(=O)N1C[C@@H]2[C@@H](COc3nc(-c4cnn(C)c4)cn4nccc34)[C@@H]2C1. The van der Waals surface area contributed by atoms with E-state index >= 15 is 0 Å². The Morgan fingerprint density at radius 3 is 2.85 bits per heavy atom. The number of amides is 1. The minimum Gasteiger partial charge on any atom is -0.476 e. The number of nitrogens with zero attached hydrogens (tertiary/aromatic N) is 6. The molecule has 1 aliphatic heterocycles. The normalized spacial score (nSPS) is 23.4. The molecular weight excluding hydrogens is 344 g/mol. The van der Waals surface area contributed by atoms with Crippen LogP contribution in [0, 0.1) is 17.8 Å². The summed E-state index contributed by atoms with van der Waals surface area (Å²) in [6, 6.07) is 1.90. The topological polar surface area (TPSA) is 77.6 Å². The Hall–Kier alpha value is -3.16. The summed E-state index contributed by atoms with van der Waals surface area (Å²) in [6.07, 6.45) is 8.70. The van der Waals surface area contributed by atoms with Gasteiger partial charge in [-0.2, -0.15) is 10.2 Å². The number of likely N-dealkylation sites (tertiary alicyclic amines) is 1. The van der Waals surface area contributed by atoms with E-state index < -0.39 is 0 Å². The number of piperidine rings is 1. The largest absolute Gasteiger partial charge is 0.476 e. The molecule has 2 fully saturated rings. The summed E-state index contributed by atoms with van der Waals surface area (Å²) in [5.74, 6) is 2.13. The lowest BCUT2D eigenvalue weighted by Gasteiger charge is -2.18. The van der Waals surface area contributed by atoms with E-state index in [2.05, 4.69) is 16.8 Å². The minimum absolute atomic E-state index is 0.0219. The number of hydrogen-bond acceptors (Lipinski definition) is 5. The molecule has 5 rings (SSSR count). The van der Waals surface area contributed by atoms with Gasteiger partial charge < -0.3 is 9.64 Å². The zero-order valence-electron chi connectivity index (χ0n) is 15.0. The summed E-state index contributed by atoms with van der Waals surface area (Å²) < 4.78 is 9.63. The van der Waals surface area contributed by atoms with E-state index in [1.807, 2.05) is 30.4 Å². The van der Waals surface area contributed by atoms with Crippen LogP contribution in [0.3, 0.4) is 0 Å². The highest BCUT2D eigenvalue weighted by Gasteiger charge is 2.56. The number of carbonyl (C=O) groups excluding carboxylic acids is 1. The van der Waals surface area contributed by atoms with Crippen molar-refractivity contribution in [1.82, 2.24) is 29.3 Å². The molecule has 2 aliphatic rings. The van der Waals surface area contributed by atoms with Gasteiger partial charge in [0.25, 0.3) is 0 Å². The van der Waals surface area contributed by atoms with Gasteiger partial charge in [0.15, 0.2) is 0 Å². The molecule has 1 saturated heterocycles. The summed E-state index contributed by atoms with van der Waals surface area (Å²) >= 11 is 0. The Balaban J connectivity index is 1.32. The summed E-state index contributed by atoms with van der Waals surface area (Å²) in [5.41, 5.74) is 2.53. The standard InChI is InChI=1S/C19H20N6O2/c1-3-18(26)24-8-13-14(9-24)15(13)11-27-19-17-4-5-20-25(17)10-16(22-19)12-6-21-23(2)7-12/h3-7,10,13-15H,1,8-9,11H2,2H3/t13-,14+,15+. The number of aryl methyl sites for hydroxylation is 1. The lowest BCUT2D eigenvalue weighted by atomic mass is 10.2. The van der Waals surface area contributed by atoms with Gasteiger partial charge in [-0.05, 0) is 24.0 Å². The molecule has 1 aliphatic carbocycles. The molecule has 1 saturated carbocycles. The third-order valence-corrected chi connectivity index (χ3v) is 5.63. The third kappa shape index (κ3) is 2.68. The molecule has 0 spiro atoms. The van der Waals surface area contributed by atoms with Gasteiger partial charge in [-0.15, -0.1) is 0 Å². The maximum absolute atomic E-state index is 11.7. The quantitative estimate of drug-likeness (QED) is 0.640. The number of hydrogen-bond donors (Lipinski definition) is 0. The monoisotopic (exact) mass is 364 g/mol. The maximum atomic E-state index is 11.7. The number of carbonyl (C=O) groups is 1. The van der Waals surface area contributed by atoms with Crippen LogP contribution in [0.25, 0.3) is 16.8 Å². The van der Waals surface area contributed by atoms with Gasteiger partial charge >= 0.3 is 0 Å². The average molecular weight is 364 g/mol. The first-order chi connectivity index (χ1) is 13.1. The van der Waals surface area contributed by atoms with E-state index in [1.54, 1.807) is 21.6 Å². The maximum Gasteiger partial charge on any atom is 0.245 e. The van der Waals surface area contributed by atoms with Crippen molar-refractivity contribution in [2.45, 2.75) is 0 Å². The number of ether oxygens (including phenoxy) is 1. The van der Waals surface area contributed by atoms with Crippen molar-refractivity contribution < 1.29 is 9.53 Å². The highest BCUT2D eigenvalue weighted by Crippen LogP contribution is 2.51. The van der Waals surface area contributed by atoms with Gasteiger partial charge in [0.1, 0.15) is 5.52 Å². The van der Waals surface area contributed by atoms with Gasteiger partial charge in [-0.1, -0.05) is 6.58 Å². The fourth-order valence-corrected chi connectivity index (χ4v) is 4.08. The lowest BCUT2D eigenvalue weighted by molar-refractivity contribution is -0.125. The second-order valence-electron chi connectivity index (χ2n) is 7.24. The van der Waals surface area contributed by atoms with Gasteiger partial charge in [0.2, 0.25) is 11.8 Å². The molecule has 8 heteroatoms. The van der Waals surface area contributed by atoms with E-state index in [0.29, 0.717) is 30.2 Å². The molecule has 0 unspecified atom stereocenters. The molecule has 0 bridgehead atoms. The van der Waals surface area contributed by atoms with E-state index in [0.717, 1.165) is 29.9 Å². The van der Waals surface area contributed by atoms with Crippen LogP contribution >= 0.6 is 0 Å². The molecule has 0 N–H and O–H groups in total. The molecule has 4 heterocycles. The fourth-order valence-electron chi connectivity index (χ4n) is 4.08. The Bertz CT molecular complexity index is 1030. The Morgan fingerprint density at radius 2 is 2.15 bits per heavy atom. The molecule has 0 radical (unpaired) electrons. The van der Waals surface area contributed by atoms with Gasteiger partial charge in [-0.25, -0.2) is 9.50 Å². The van der Waals surface area contributed by atoms with Crippen LogP contribution in [-0.2, 0) is 11.8 Å². The second-order valence-corrected chi connectivity index (χ2v) is 7.24. The van der Waals surface area contributed by atoms with Crippen molar-refractivity contribution in [3.8, 4) is 17.1 Å². The van der Waals surface area contributed by atoms with Crippen molar-refractivity contribution in [1.29, 1.82) is 0 Å². The first-order valence-electron chi connectivity index (χ1n) is 9.01. The summed E-state index contributed by atoms with van der Waals surface area (Å²) in [5, 5.41) is 8.54. The first kappa shape index (κ1) is 16.0. The van der Waals surface area contributed by atoms with Crippen molar-refractivity contribution in [3.05, 3.63) is 43.5 Å². The van der Waals surface area contributed by atoms with Crippen LogP contribution in [0.5, 0.6) is 5.88 Å². The van der Waals surface area contributed by atoms with Crippen molar-refractivity contribution in [2.75, 3.05) is 19.7 Å². The van der Waals surface area contributed by atoms with Crippen molar-refractivity contribution >= 4 is 11.4 Å². The Kier molecular flexibility index (Phi) is 3.53. The van der Waals surface area contributed by atoms with Crippen LogP contribution in [0.2, 0.25) is 0 Å². The number of fused-ring (bicyclic) bond motifs is 2. The molecule has 3 aromatic heterocycles. The predicted octanol–water partition coefficient (Wildman–Crippen LogP) is 1.40. The number of aromatic nitrogens is 5. The van der Waals surface area contributed by atoms with Gasteiger partial charge in [0, 0.05) is 37.8 Å². The van der Waals surface area contributed by atoms with Crippen LogP contribution in [0.4, 0.5) is 0 Å². The van der Waals surface area contributed by atoms with Gasteiger partial charge in [0.05, 0.1) is 30.9 Å². The second kappa shape index (κ2) is 5.94. The lowest BCUT2D eigenvalue weighted by Crippen LogP contribution is -2.30. The van der Waals surface area contributed by atoms with Crippen LogP contribution in [0.1, 0.15) is 0 Å². The summed E-state index contributed by atoms with van der Waals surface area (Å²) in [7, 11) is 1.87. The highest BCUT2D eigenvalue weighted by atomic mass is 16.5. The van der Waals surface area contributed by atoms with E-state index in [1.165, 1.54) is 6.08 Å². The fraction of sp³-hybridized carbons (Fsp3) is 0.368. The molecule has 27 heavy (non-hydrogen) atoms. The van der Waals surface area contributed by atoms with Gasteiger partial charge in [-0.3, -0.25) is 9.48 Å². The summed E-state index contributed by atoms with van der Waals surface area (Å²) in [6.45, 7) is 5.77. The van der Waals surface area contributed by atoms with E-state index in [9.17, 15) is 4.79 Å². The number of rotatable bonds is 5. The Labute approximate surface area is 156 Å². The molecule has 138 valence electrons. The Morgan fingerprint density at radius 1 is 1.33 bits per heavy atom. The smallest absolute Gasteiger partial charge is 0.245 e. The van der Waals surface area contributed by atoms with Crippen molar-refractivity contribution in [3.63, 3.8) is 0 Å². The molecule has 3 aromatic rings. The zero-order chi connectivity index (χ0) is 18.5. The minimum atomic E-state index is 0.0219. The third-order valence-electron chi connectivity index (χ3n) is 5.63. The molecule has 1 amide bonds. The zero-order valence-corrected chi connectivity index (χ0v) is 15.0. The molecule has 0 aromatic carbocycles. The van der Waals surface area contributed by atoms with Crippen molar-refractivity contribution in [2.24, 2.45) is 24.8 Å². The molecular formula is C19H20N6O2. The van der Waals surface area contributed by atoms with Crippen LogP contribution < -0.4 is 4.74 Å². The van der Waals surface area contributed by atoms with E-state index in [-0.39, 0.29) is 5.91 Å². The summed E-state index contributed by atoms with van der Waals surface area (Å²) in [4.78, 5) is 18.3. The highest BCUT2D eigenvalue weighted by molar-refractivity contribution is 5.87. The first-order valence-corrected chi connectivity index (χ1v) is 9.01. The van der Waals surface area contributed by atoms with E-state index in [4.69, 9.17) is 9.72 Å². The average Bonchev–Trinajstić information content (AvgIpc) is 3.16. The van der Waals surface area contributed by atoms with Crippen LogP contribution in [-0.4, -0.2) is 54.9 Å².